The molecule has 0 spiro atoms. The number of ether oxygens (including phenoxy) is 1. The molecule has 1 heterocycles. The fourth-order valence-corrected chi connectivity index (χ4v) is 2.92. The molecule has 2 aromatic carbocycles. The van der Waals surface area contributed by atoms with Crippen molar-refractivity contribution in [1.82, 2.24) is 9.88 Å². The van der Waals surface area contributed by atoms with E-state index < -0.39 is 0 Å². The number of aliphatic hydroxyl groups excluding tert-OH is 1. The van der Waals surface area contributed by atoms with Crippen molar-refractivity contribution in [3.63, 3.8) is 0 Å². The molecule has 0 bridgehead atoms. The summed E-state index contributed by atoms with van der Waals surface area (Å²) in [6.07, 6.45) is 2.15. The van der Waals surface area contributed by atoms with Crippen LogP contribution in [0, 0.1) is 5.82 Å². The number of para-hydroxylation sites is 1. The summed E-state index contributed by atoms with van der Waals surface area (Å²) in [6, 6.07) is 14.9. The van der Waals surface area contributed by atoms with Gasteiger partial charge >= 0.3 is 0 Å². The maximum absolute atomic E-state index is 13.1. The first-order valence-corrected chi connectivity index (χ1v) is 8.48. The monoisotopic (exact) mass is 342 g/mol. The molecule has 0 aliphatic rings. The van der Waals surface area contributed by atoms with Gasteiger partial charge in [-0.15, -0.1) is 0 Å². The van der Waals surface area contributed by atoms with Gasteiger partial charge in [-0.05, 0) is 29.3 Å². The van der Waals surface area contributed by atoms with Gasteiger partial charge in [0, 0.05) is 36.7 Å². The maximum Gasteiger partial charge on any atom is 0.123 e. The van der Waals surface area contributed by atoms with E-state index in [1.54, 1.807) is 0 Å². The summed E-state index contributed by atoms with van der Waals surface area (Å²) in [5.74, 6) is -0.213. The first kappa shape index (κ1) is 17.6. The highest BCUT2D eigenvalue weighted by Gasteiger charge is 2.08. The van der Waals surface area contributed by atoms with Crippen LogP contribution in [-0.2, 0) is 17.8 Å². The highest BCUT2D eigenvalue weighted by Crippen LogP contribution is 2.22. The van der Waals surface area contributed by atoms with Gasteiger partial charge in [0.15, 0.2) is 0 Å². The van der Waals surface area contributed by atoms with E-state index >= 15 is 0 Å². The van der Waals surface area contributed by atoms with Crippen molar-refractivity contribution >= 4 is 10.9 Å². The average Bonchev–Trinajstić information content (AvgIpc) is 2.98. The molecule has 0 saturated carbocycles. The summed E-state index contributed by atoms with van der Waals surface area (Å²) in [5.41, 5.74) is 3.46. The standard InChI is InChI=1S/C20H23FN2O2/c21-18-7-5-16(6-8-18)14-23-15-17(13-22-9-11-25-12-10-24)19-3-1-2-4-20(19)23/h1-8,15,22,24H,9-14H2. The van der Waals surface area contributed by atoms with Gasteiger partial charge in [0.2, 0.25) is 0 Å². The van der Waals surface area contributed by atoms with Crippen LogP contribution in [0.3, 0.4) is 0 Å². The Bertz CT molecular complexity index is 799. The van der Waals surface area contributed by atoms with Crippen LogP contribution in [0.4, 0.5) is 4.39 Å². The van der Waals surface area contributed by atoms with Crippen molar-refractivity contribution in [2.24, 2.45) is 0 Å². The number of hydrogen-bond acceptors (Lipinski definition) is 3. The minimum atomic E-state index is -0.213. The summed E-state index contributed by atoms with van der Waals surface area (Å²) < 4.78 is 20.5. The number of hydrogen-bond donors (Lipinski definition) is 2. The average molecular weight is 342 g/mol. The quantitative estimate of drug-likeness (QED) is 0.588. The Labute approximate surface area is 146 Å². The minimum absolute atomic E-state index is 0.0525. The lowest BCUT2D eigenvalue weighted by molar-refractivity contribution is 0.0938. The molecule has 2 N–H and O–H groups in total. The van der Waals surface area contributed by atoms with Crippen LogP contribution in [0.15, 0.2) is 54.7 Å². The van der Waals surface area contributed by atoms with Crippen molar-refractivity contribution in [1.29, 1.82) is 0 Å². The second-order valence-electron chi connectivity index (χ2n) is 5.94. The summed E-state index contributed by atoms with van der Waals surface area (Å²) in [6.45, 7) is 3.20. The van der Waals surface area contributed by atoms with Gasteiger partial charge in [-0.25, -0.2) is 4.39 Å². The molecule has 0 fully saturated rings. The Kier molecular flexibility index (Phi) is 6.17. The van der Waals surface area contributed by atoms with Crippen LogP contribution >= 0.6 is 0 Å². The van der Waals surface area contributed by atoms with Crippen molar-refractivity contribution in [2.75, 3.05) is 26.4 Å². The molecule has 0 unspecified atom stereocenters. The number of aromatic nitrogens is 1. The lowest BCUT2D eigenvalue weighted by atomic mass is 10.2. The third-order valence-corrected chi connectivity index (χ3v) is 4.11. The lowest BCUT2D eigenvalue weighted by Crippen LogP contribution is -2.19. The van der Waals surface area contributed by atoms with Crippen molar-refractivity contribution in [3.05, 3.63) is 71.7 Å². The second kappa shape index (κ2) is 8.76. The van der Waals surface area contributed by atoms with Gasteiger partial charge in [0.25, 0.3) is 0 Å². The number of nitrogens with zero attached hydrogens (tertiary/aromatic N) is 1. The summed E-state index contributed by atoms with van der Waals surface area (Å²) in [5, 5.41) is 13.3. The molecular weight excluding hydrogens is 319 g/mol. The molecule has 0 saturated heterocycles. The van der Waals surface area contributed by atoms with E-state index in [1.807, 2.05) is 24.3 Å². The highest BCUT2D eigenvalue weighted by molar-refractivity contribution is 5.84. The van der Waals surface area contributed by atoms with E-state index in [2.05, 4.69) is 28.2 Å². The SMILES string of the molecule is OCCOCCNCc1cn(Cc2ccc(F)cc2)c2ccccc12. The molecule has 0 amide bonds. The van der Waals surface area contributed by atoms with E-state index in [1.165, 1.54) is 28.6 Å². The van der Waals surface area contributed by atoms with Gasteiger partial charge in [0.1, 0.15) is 5.82 Å². The summed E-state index contributed by atoms with van der Waals surface area (Å²) in [4.78, 5) is 0. The van der Waals surface area contributed by atoms with Gasteiger partial charge < -0.3 is 19.7 Å². The first-order valence-electron chi connectivity index (χ1n) is 8.48. The van der Waals surface area contributed by atoms with Gasteiger partial charge in [-0.3, -0.25) is 0 Å². The third kappa shape index (κ3) is 4.66. The van der Waals surface area contributed by atoms with E-state index in [-0.39, 0.29) is 12.4 Å². The Balaban J connectivity index is 1.70. The molecule has 0 atom stereocenters. The molecule has 3 rings (SSSR count). The smallest absolute Gasteiger partial charge is 0.123 e. The van der Waals surface area contributed by atoms with Crippen molar-refractivity contribution in [3.8, 4) is 0 Å². The second-order valence-corrected chi connectivity index (χ2v) is 5.94. The summed E-state index contributed by atoms with van der Waals surface area (Å²) in [7, 11) is 0. The van der Waals surface area contributed by atoms with Crippen LogP contribution in [0.2, 0.25) is 0 Å². The number of fused-ring (bicyclic) bond motifs is 1. The molecule has 0 aliphatic heterocycles. The zero-order valence-corrected chi connectivity index (χ0v) is 14.1. The number of benzene rings is 2. The zero-order chi connectivity index (χ0) is 17.5. The lowest BCUT2D eigenvalue weighted by Gasteiger charge is -2.05. The van der Waals surface area contributed by atoms with Crippen LogP contribution in [0.25, 0.3) is 10.9 Å². The first-order chi connectivity index (χ1) is 12.3. The molecular formula is C20H23FN2O2. The van der Waals surface area contributed by atoms with E-state index in [9.17, 15) is 4.39 Å². The topological polar surface area (TPSA) is 46.4 Å². The van der Waals surface area contributed by atoms with Gasteiger partial charge in [-0.1, -0.05) is 30.3 Å². The largest absolute Gasteiger partial charge is 0.394 e. The van der Waals surface area contributed by atoms with E-state index in [0.717, 1.165) is 18.7 Å². The number of rotatable bonds is 9. The summed E-state index contributed by atoms with van der Waals surface area (Å²) >= 11 is 0. The number of aliphatic hydroxyl groups is 1. The van der Waals surface area contributed by atoms with Crippen molar-refractivity contribution < 1.29 is 14.2 Å². The molecule has 25 heavy (non-hydrogen) atoms. The molecule has 3 aromatic rings. The molecule has 4 nitrogen and oxygen atoms in total. The molecule has 0 aliphatic carbocycles. The Morgan fingerprint density at radius 1 is 1.04 bits per heavy atom. The predicted octanol–water partition coefficient (Wildman–Crippen LogP) is 2.93. The fourth-order valence-electron chi connectivity index (χ4n) is 2.92. The van der Waals surface area contributed by atoms with Gasteiger partial charge in [-0.2, -0.15) is 0 Å². The Morgan fingerprint density at radius 2 is 1.84 bits per heavy atom. The number of halogens is 1. The normalized spacial score (nSPS) is 11.3. The predicted molar refractivity (Wildman–Crippen MR) is 97.1 cm³/mol. The van der Waals surface area contributed by atoms with Crippen LogP contribution < -0.4 is 5.32 Å². The minimum Gasteiger partial charge on any atom is -0.394 e. The van der Waals surface area contributed by atoms with Gasteiger partial charge in [0.05, 0.1) is 19.8 Å². The Hall–Kier alpha value is -2.21. The molecule has 1 aromatic heterocycles. The van der Waals surface area contributed by atoms with Crippen molar-refractivity contribution in [2.45, 2.75) is 13.1 Å². The van der Waals surface area contributed by atoms with E-state index in [4.69, 9.17) is 9.84 Å². The van der Waals surface area contributed by atoms with Crippen LogP contribution in [0.1, 0.15) is 11.1 Å². The molecule has 132 valence electrons. The third-order valence-electron chi connectivity index (χ3n) is 4.11. The fraction of sp³-hybridized carbons (Fsp3) is 0.300. The number of nitrogens with one attached hydrogen (secondary N) is 1. The molecule has 0 radical (unpaired) electrons. The molecule has 5 heteroatoms. The Morgan fingerprint density at radius 3 is 2.64 bits per heavy atom. The van der Waals surface area contributed by atoms with Crippen LogP contribution in [0.5, 0.6) is 0 Å². The zero-order valence-electron chi connectivity index (χ0n) is 14.1. The van der Waals surface area contributed by atoms with E-state index in [0.29, 0.717) is 19.8 Å². The maximum atomic E-state index is 13.1. The van der Waals surface area contributed by atoms with Crippen LogP contribution in [-0.4, -0.2) is 36.0 Å². The highest BCUT2D eigenvalue weighted by atomic mass is 19.1.